The highest BCUT2D eigenvalue weighted by Gasteiger charge is 2.15. The van der Waals surface area contributed by atoms with Crippen LogP contribution in [0, 0.1) is 13.8 Å². The fourth-order valence-corrected chi connectivity index (χ4v) is 3.07. The number of nitrogens with one attached hydrogen (secondary N) is 1. The van der Waals surface area contributed by atoms with E-state index >= 15 is 0 Å². The first-order valence-electron chi connectivity index (χ1n) is 9.16. The second-order valence-corrected chi connectivity index (χ2v) is 6.83. The van der Waals surface area contributed by atoms with Crippen LogP contribution in [-0.4, -0.2) is 36.9 Å². The number of aryl methyl sites for hydroxylation is 2. The molecule has 1 N–H and O–H groups in total. The molecule has 0 saturated carbocycles. The number of anilines is 1. The van der Waals surface area contributed by atoms with E-state index in [1.807, 2.05) is 74.5 Å². The van der Waals surface area contributed by atoms with Crippen LogP contribution in [0.3, 0.4) is 0 Å². The van der Waals surface area contributed by atoms with Crippen LogP contribution in [0.2, 0.25) is 0 Å². The van der Waals surface area contributed by atoms with E-state index in [-0.39, 0.29) is 25.0 Å². The second kappa shape index (κ2) is 8.57. The summed E-state index contributed by atoms with van der Waals surface area (Å²) in [5.74, 6) is 0.155. The van der Waals surface area contributed by atoms with Crippen LogP contribution < -0.4 is 10.1 Å². The minimum Gasteiger partial charge on any atom is -0.483 e. The summed E-state index contributed by atoms with van der Waals surface area (Å²) in [5, 5.41) is 4.89. The van der Waals surface area contributed by atoms with Crippen molar-refractivity contribution < 1.29 is 14.3 Å². The molecule has 3 aromatic rings. The molecular formula is C23H24N2O3. The van der Waals surface area contributed by atoms with Crippen molar-refractivity contribution in [1.82, 2.24) is 4.90 Å². The smallest absolute Gasteiger partial charge is 0.260 e. The molecule has 0 unspecified atom stereocenters. The molecule has 2 amide bonds. The van der Waals surface area contributed by atoms with Crippen molar-refractivity contribution in [3.8, 4) is 5.75 Å². The topological polar surface area (TPSA) is 58.6 Å². The Bertz CT molecular complexity index is 988. The number of hydrogen-bond acceptors (Lipinski definition) is 3. The van der Waals surface area contributed by atoms with Crippen molar-refractivity contribution in [2.24, 2.45) is 0 Å². The number of para-hydroxylation sites is 1. The molecule has 0 fully saturated rings. The van der Waals surface area contributed by atoms with Gasteiger partial charge in [-0.15, -0.1) is 0 Å². The third kappa shape index (κ3) is 4.49. The summed E-state index contributed by atoms with van der Waals surface area (Å²) in [4.78, 5) is 26.1. The monoisotopic (exact) mass is 376 g/mol. The summed E-state index contributed by atoms with van der Waals surface area (Å²) in [6.45, 7) is 3.72. The minimum absolute atomic E-state index is 0.0362. The Kier molecular flexibility index (Phi) is 5.94. The number of hydrogen-bond donors (Lipinski definition) is 1. The van der Waals surface area contributed by atoms with Crippen molar-refractivity contribution in [1.29, 1.82) is 0 Å². The van der Waals surface area contributed by atoms with Crippen LogP contribution in [0.15, 0.2) is 60.7 Å². The van der Waals surface area contributed by atoms with E-state index < -0.39 is 0 Å². The van der Waals surface area contributed by atoms with E-state index in [9.17, 15) is 9.59 Å². The van der Waals surface area contributed by atoms with E-state index in [0.29, 0.717) is 5.75 Å². The van der Waals surface area contributed by atoms with Gasteiger partial charge < -0.3 is 15.0 Å². The molecule has 0 saturated heterocycles. The molecule has 144 valence electrons. The number of carbonyl (C=O) groups excluding carboxylic acids is 2. The highest BCUT2D eigenvalue weighted by atomic mass is 16.5. The number of rotatable bonds is 6. The lowest BCUT2D eigenvalue weighted by atomic mass is 10.1. The molecule has 0 heterocycles. The van der Waals surface area contributed by atoms with Gasteiger partial charge in [-0.25, -0.2) is 0 Å². The van der Waals surface area contributed by atoms with Gasteiger partial charge >= 0.3 is 0 Å². The zero-order valence-corrected chi connectivity index (χ0v) is 16.4. The van der Waals surface area contributed by atoms with Gasteiger partial charge in [0.05, 0.1) is 6.54 Å². The third-order valence-electron chi connectivity index (χ3n) is 4.65. The number of likely N-dealkylation sites (N-methyl/N-ethyl adjacent to an activating group) is 1. The standard InChI is InChI=1S/C23H24N2O3/c1-16-8-6-9-17(2)23(16)24-21(26)14-25(3)22(27)15-28-20-13-7-11-18-10-4-5-12-19(18)20/h4-13H,14-15H2,1-3H3,(H,24,26). The lowest BCUT2D eigenvalue weighted by Gasteiger charge is -2.18. The molecule has 0 aromatic heterocycles. The Balaban J connectivity index is 1.58. The first-order valence-corrected chi connectivity index (χ1v) is 9.16. The van der Waals surface area contributed by atoms with Crippen molar-refractivity contribution in [2.45, 2.75) is 13.8 Å². The molecule has 0 aliphatic heterocycles. The zero-order chi connectivity index (χ0) is 20.1. The van der Waals surface area contributed by atoms with E-state index in [2.05, 4.69) is 5.32 Å². The van der Waals surface area contributed by atoms with E-state index in [1.165, 1.54) is 4.90 Å². The van der Waals surface area contributed by atoms with Gasteiger partial charge in [0.2, 0.25) is 5.91 Å². The number of ether oxygens (including phenoxy) is 1. The first-order chi connectivity index (χ1) is 13.5. The maximum Gasteiger partial charge on any atom is 0.260 e. The van der Waals surface area contributed by atoms with Crippen LogP contribution in [0.25, 0.3) is 10.8 Å². The maximum atomic E-state index is 12.4. The van der Waals surface area contributed by atoms with Gasteiger partial charge in [-0.2, -0.15) is 0 Å². The number of nitrogens with zero attached hydrogens (tertiary/aromatic N) is 1. The fourth-order valence-electron chi connectivity index (χ4n) is 3.07. The average Bonchev–Trinajstić information content (AvgIpc) is 2.69. The van der Waals surface area contributed by atoms with Crippen LogP contribution in [0.1, 0.15) is 11.1 Å². The van der Waals surface area contributed by atoms with Crippen molar-refractivity contribution in [3.63, 3.8) is 0 Å². The Labute approximate surface area is 164 Å². The first kappa shape index (κ1) is 19.4. The number of benzene rings is 3. The maximum absolute atomic E-state index is 12.4. The molecule has 3 rings (SSSR count). The van der Waals surface area contributed by atoms with Crippen LogP contribution >= 0.6 is 0 Å². The van der Waals surface area contributed by atoms with Crippen molar-refractivity contribution in [3.05, 3.63) is 71.8 Å². The number of fused-ring (bicyclic) bond motifs is 1. The molecule has 0 spiro atoms. The van der Waals surface area contributed by atoms with E-state index in [0.717, 1.165) is 27.6 Å². The fraction of sp³-hybridized carbons (Fsp3) is 0.217. The summed E-state index contributed by atoms with van der Waals surface area (Å²) in [6, 6.07) is 19.4. The highest BCUT2D eigenvalue weighted by Crippen LogP contribution is 2.25. The summed E-state index contributed by atoms with van der Waals surface area (Å²) in [7, 11) is 1.60. The summed E-state index contributed by atoms with van der Waals surface area (Å²) in [5.41, 5.74) is 2.77. The summed E-state index contributed by atoms with van der Waals surface area (Å²) in [6.07, 6.45) is 0. The summed E-state index contributed by atoms with van der Waals surface area (Å²) < 4.78 is 5.72. The Hall–Kier alpha value is -3.34. The molecule has 0 bridgehead atoms. The van der Waals surface area contributed by atoms with E-state index in [1.54, 1.807) is 7.05 Å². The molecule has 0 radical (unpaired) electrons. The zero-order valence-electron chi connectivity index (χ0n) is 16.4. The quantitative estimate of drug-likeness (QED) is 0.709. The molecule has 0 aliphatic carbocycles. The predicted octanol–water partition coefficient (Wildman–Crippen LogP) is 3.93. The Morgan fingerprint density at radius 1 is 0.929 bits per heavy atom. The lowest BCUT2D eigenvalue weighted by Crippen LogP contribution is -2.37. The molecular weight excluding hydrogens is 352 g/mol. The molecule has 28 heavy (non-hydrogen) atoms. The molecule has 0 aliphatic rings. The lowest BCUT2D eigenvalue weighted by molar-refractivity contribution is -0.135. The largest absolute Gasteiger partial charge is 0.483 e. The van der Waals surface area contributed by atoms with Gasteiger partial charge in [0.25, 0.3) is 5.91 Å². The highest BCUT2D eigenvalue weighted by molar-refractivity contribution is 5.96. The Morgan fingerprint density at radius 3 is 2.32 bits per heavy atom. The average molecular weight is 376 g/mol. The summed E-state index contributed by atoms with van der Waals surface area (Å²) >= 11 is 0. The predicted molar refractivity (Wildman–Crippen MR) is 112 cm³/mol. The third-order valence-corrected chi connectivity index (χ3v) is 4.65. The number of carbonyl (C=O) groups is 2. The Morgan fingerprint density at radius 2 is 1.57 bits per heavy atom. The second-order valence-electron chi connectivity index (χ2n) is 6.83. The van der Waals surface area contributed by atoms with Gasteiger partial charge in [-0.3, -0.25) is 9.59 Å². The molecule has 5 heteroatoms. The van der Waals surface area contributed by atoms with Crippen LogP contribution in [-0.2, 0) is 9.59 Å². The van der Waals surface area contributed by atoms with Gasteiger partial charge in [0, 0.05) is 18.1 Å². The normalized spacial score (nSPS) is 10.5. The van der Waals surface area contributed by atoms with Crippen LogP contribution in [0.5, 0.6) is 5.75 Å². The molecule has 3 aromatic carbocycles. The van der Waals surface area contributed by atoms with Gasteiger partial charge in [0.15, 0.2) is 6.61 Å². The van der Waals surface area contributed by atoms with Gasteiger partial charge in [-0.1, -0.05) is 54.6 Å². The molecule has 0 atom stereocenters. The van der Waals surface area contributed by atoms with Crippen molar-refractivity contribution in [2.75, 3.05) is 25.5 Å². The van der Waals surface area contributed by atoms with E-state index in [4.69, 9.17) is 4.74 Å². The van der Waals surface area contributed by atoms with Crippen LogP contribution in [0.4, 0.5) is 5.69 Å². The van der Waals surface area contributed by atoms with Gasteiger partial charge in [0.1, 0.15) is 5.75 Å². The van der Waals surface area contributed by atoms with Gasteiger partial charge in [-0.05, 0) is 36.4 Å². The minimum atomic E-state index is -0.260. The van der Waals surface area contributed by atoms with Crippen molar-refractivity contribution >= 4 is 28.3 Å². The number of amides is 2. The molecule has 5 nitrogen and oxygen atoms in total. The SMILES string of the molecule is Cc1cccc(C)c1NC(=O)CN(C)C(=O)COc1cccc2ccccc12.